The maximum absolute atomic E-state index is 11.4. The van der Waals surface area contributed by atoms with E-state index in [2.05, 4.69) is 0 Å². The van der Waals surface area contributed by atoms with E-state index in [9.17, 15) is 4.79 Å². The molecule has 1 aromatic carbocycles. The maximum atomic E-state index is 11.4. The SMILES string of the molecule is CC(C)(CC(N)c1cc(Cl)cc2c1OCC2)C(N)=O. The highest BCUT2D eigenvalue weighted by Crippen LogP contribution is 2.39. The minimum Gasteiger partial charge on any atom is -0.493 e. The van der Waals surface area contributed by atoms with Gasteiger partial charge >= 0.3 is 0 Å². The van der Waals surface area contributed by atoms with Crippen LogP contribution in [0.2, 0.25) is 5.02 Å². The molecule has 0 aliphatic carbocycles. The molecule has 1 aliphatic rings. The summed E-state index contributed by atoms with van der Waals surface area (Å²) in [6, 6.07) is 3.39. The van der Waals surface area contributed by atoms with E-state index in [1.165, 1.54) is 0 Å². The number of halogens is 1. The van der Waals surface area contributed by atoms with Crippen LogP contribution in [0.1, 0.15) is 37.4 Å². The van der Waals surface area contributed by atoms with Crippen LogP contribution in [0.25, 0.3) is 0 Å². The van der Waals surface area contributed by atoms with Gasteiger partial charge in [0.05, 0.1) is 6.61 Å². The molecule has 1 amide bonds. The molecule has 0 aromatic heterocycles. The van der Waals surface area contributed by atoms with Gasteiger partial charge in [0, 0.05) is 28.5 Å². The second-order valence-corrected chi connectivity index (χ2v) is 6.08. The third-order valence-electron chi connectivity index (χ3n) is 3.57. The van der Waals surface area contributed by atoms with Gasteiger partial charge in [-0.25, -0.2) is 0 Å². The monoisotopic (exact) mass is 282 g/mol. The number of ether oxygens (including phenoxy) is 1. The summed E-state index contributed by atoms with van der Waals surface area (Å²) in [4.78, 5) is 11.4. The molecule has 4 nitrogen and oxygen atoms in total. The first kappa shape index (κ1) is 14.2. The van der Waals surface area contributed by atoms with Crippen LogP contribution < -0.4 is 16.2 Å². The number of hydrogen-bond donors (Lipinski definition) is 2. The number of primary amides is 1. The highest BCUT2D eigenvalue weighted by molar-refractivity contribution is 6.30. The minimum absolute atomic E-state index is 0.326. The summed E-state index contributed by atoms with van der Waals surface area (Å²) in [6.07, 6.45) is 1.30. The van der Waals surface area contributed by atoms with Gasteiger partial charge in [0.25, 0.3) is 0 Å². The van der Waals surface area contributed by atoms with Gasteiger partial charge in [0.1, 0.15) is 5.75 Å². The molecule has 0 bridgehead atoms. The van der Waals surface area contributed by atoms with Gasteiger partial charge in [-0.05, 0) is 24.1 Å². The molecular formula is C14H19ClN2O2. The molecule has 5 heteroatoms. The summed E-state index contributed by atoms with van der Waals surface area (Å²) in [6.45, 7) is 4.23. The summed E-state index contributed by atoms with van der Waals surface area (Å²) in [7, 11) is 0. The molecule has 104 valence electrons. The fourth-order valence-corrected chi connectivity index (χ4v) is 2.58. The number of carbonyl (C=O) groups excluding carboxylic acids is 1. The standard InChI is InChI=1S/C14H19ClN2O2/c1-14(2,13(17)18)7-11(16)10-6-9(15)5-8-3-4-19-12(8)10/h5-6,11H,3-4,7,16H2,1-2H3,(H2,17,18). The number of benzene rings is 1. The van der Waals surface area contributed by atoms with Crippen LogP contribution in [0.15, 0.2) is 12.1 Å². The van der Waals surface area contributed by atoms with Gasteiger partial charge in [0.15, 0.2) is 0 Å². The quantitative estimate of drug-likeness (QED) is 0.888. The van der Waals surface area contributed by atoms with Gasteiger partial charge < -0.3 is 16.2 Å². The van der Waals surface area contributed by atoms with Crippen molar-refractivity contribution in [1.29, 1.82) is 0 Å². The first-order valence-electron chi connectivity index (χ1n) is 6.32. The molecule has 0 spiro atoms. The normalized spacial score (nSPS) is 15.8. The van der Waals surface area contributed by atoms with Crippen LogP contribution in [0, 0.1) is 5.41 Å². The molecule has 0 radical (unpaired) electrons. The average Bonchev–Trinajstić information content (AvgIpc) is 2.74. The van der Waals surface area contributed by atoms with Crippen molar-refractivity contribution in [1.82, 2.24) is 0 Å². The van der Waals surface area contributed by atoms with Crippen molar-refractivity contribution < 1.29 is 9.53 Å². The highest BCUT2D eigenvalue weighted by atomic mass is 35.5. The summed E-state index contributed by atoms with van der Waals surface area (Å²) in [5.74, 6) is 0.458. The van der Waals surface area contributed by atoms with Gasteiger partial charge in [-0.1, -0.05) is 25.4 Å². The molecule has 1 unspecified atom stereocenters. The fraction of sp³-hybridized carbons (Fsp3) is 0.500. The number of fused-ring (bicyclic) bond motifs is 1. The number of rotatable bonds is 4. The number of carbonyl (C=O) groups is 1. The van der Waals surface area contributed by atoms with E-state index in [0.29, 0.717) is 18.1 Å². The van der Waals surface area contributed by atoms with E-state index in [0.717, 1.165) is 23.3 Å². The third-order valence-corrected chi connectivity index (χ3v) is 3.79. The molecule has 1 aromatic rings. The molecule has 2 rings (SSSR count). The number of nitrogens with two attached hydrogens (primary N) is 2. The first-order chi connectivity index (χ1) is 8.81. The van der Waals surface area contributed by atoms with Crippen LogP contribution in [0.3, 0.4) is 0 Å². The van der Waals surface area contributed by atoms with Crippen LogP contribution in [0.4, 0.5) is 0 Å². The molecule has 4 N–H and O–H groups in total. The zero-order valence-corrected chi connectivity index (χ0v) is 12.0. The van der Waals surface area contributed by atoms with E-state index in [4.69, 9.17) is 27.8 Å². The lowest BCUT2D eigenvalue weighted by Crippen LogP contribution is -2.34. The zero-order valence-electron chi connectivity index (χ0n) is 11.2. The van der Waals surface area contributed by atoms with E-state index in [-0.39, 0.29) is 11.9 Å². The summed E-state index contributed by atoms with van der Waals surface area (Å²) < 4.78 is 5.63. The minimum atomic E-state index is -0.660. The number of amides is 1. The third kappa shape index (κ3) is 2.85. The Labute approximate surface area is 118 Å². The Hall–Kier alpha value is -1.26. The predicted molar refractivity (Wildman–Crippen MR) is 75.2 cm³/mol. The van der Waals surface area contributed by atoms with E-state index < -0.39 is 5.41 Å². The van der Waals surface area contributed by atoms with Crippen molar-refractivity contribution in [3.05, 3.63) is 28.3 Å². The highest BCUT2D eigenvalue weighted by Gasteiger charge is 2.30. The fourth-order valence-electron chi connectivity index (χ4n) is 2.33. The van der Waals surface area contributed by atoms with Crippen molar-refractivity contribution in [2.45, 2.75) is 32.7 Å². The molecule has 1 heterocycles. The Morgan fingerprint density at radius 1 is 1.53 bits per heavy atom. The Kier molecular flexibility index (Phi) is 3.74. The topological polar surface area (TPSA) is 78.3 Å². The van der Waals surface area contributed by atoms with E-state index >= 15 is 0 Å². The van der Waals surface area contributed by atoms with Crippen LogP contribution in [-0.4, -0.2) is 12.5 Å². The largest absolute Gasteiger partial charge is 0.493 e. The number of hydrogen-bond acceptors (Lipinski definition) is 3. The van der Waals surface area contributed by atoms with Crippen molar-refractivity contribution >= 4 is 17.5 Å². The van der Waals surface area contributed by atoms with E-state index in [1.54, 1.807) is 13.8 Å². The summed E-state index contributed by atoms with van der Waals surface area (Å²) >= 11 is 6.10. The second-order valence-electron chi connectivity index (χ2n) is 5.64. The molecule has 0 saturated heterocycles. The first-order valence-corrected chi connectivity index (χ1v) is 6.69. The summed E-state index contributed by atoms with van der Waals surface area (Å²) in [5, 5.41) is 0.645. The van der Waals surface area contributed by atoms with Gasteiger partial charge in [0.2, 0.25) is 5.91 Å². The Morgan fingerprint density at radius 2 is 2.21 bits per heavy atom. The predicted octanol–water partition coefficient (Wildman–Crippen LogP) is 2.18. The van der Waals surface area contributed by atoms with Crippen molar-refractivity contribution in [3.8, 4) is 5.75 Å². The van der Waals surface area contributed by atoms with Crippen molar-refractivity contribution in [2.24, 2.45) is 16.9 Å². The Bertz CT molecular complexity index is 514. The molecule has 0 fully saturated rings. The molecular weight excluding hydrogens is 264 g/mol. The average molecular weight is 283 g/mol. The van der Waals surface area contributed by atoms with Gasteiger partial charge in [-0.15, -0.1) is 0 Å². The second kappa shape index (κ2) is 5.02. The molecule has 0 saturated carbocycles. The van der Waals surface area contributed by atoms with Crippen LogP contribution in [0.5, 0.6) is 5.75 Å². The summed E-state index contributed by atoms with van der Waals surface area (Å²) in [5.41, 5.74) is 12.9. The van der Waals surface area contributed by atoms with Crippen LogP contribution in [-0.2, 0) is 11.2 Å². The molecule has 19 heavy (non-hydrogen) atoms. The maximum Gasteiger partial charge on any atom is 0.223 e. The lowest BCUT2D eigenvalue weighted by atomic mass is 9.83. The smallest absolute Gasteiger partial charge is 0.223 e. The lowest BCUT2D eigenvalue weighted by Gasteiger charge is -2.25. The zero-order chi connectivity index (χ0) is 14.2. The van der Waals surface area contributed by atoms with Gasteiger partial charge in [-0.2, -0.15) is 0 Å². The van der Waals surface area contributed by atoms with E-state index in [1.807, 2.05) is 12.1 Å². The van der Waals surface area contributed by atoms with Gasteiger partial charge in [-0.3, -0.25) is 4.79 Å². The molecule has 1 atom stereocenters. The Balaban J connectivity index is 2.30. The lowest BCUT2D eigenvalue weighted by molar-refractivity contribution is -0.126. The van der Waals surface area contributed by atoms with Crippen molar-refractivity contribution in [2.75, 3.05) is 6.61 Å². The van der Waals surface area contributed by atoms with Crippen LogP contribution >= 0.6 is 11.6 Å². The molecule has 1 aliphatic heterocycles. The Morgan fingerprint density at radius 3 is 2.84 bits per heavy atom. The van der Waals surface area contributed by atoms with Crippen molar-refractivity contribution in [3.63, 3.8) is 0 Å².